The lowest BCUT2D eigenvalue weighted by Crippen LogP contribution is -2.24. The van der Waals surface area contributed by atoms with Crippen LogP contribution in [-0.2, 0) is 4.79 Å². The van der Waals surface area contributed by atoms with E-state index < -0.39 is 5.97 Å². The number of nitrogens with zero attached hydrogens (tertiary/aromatic N) is 3. The van der Waals surface area contributed by atoms with Crippen molar-refractivity contribution in [1.29, 1.82) is 5.26 Å². The minimum absolute atomic E-state index is 0.0353. The molecule has 0 spiro atoms. The van der Waals surface area contributed by atoms with Crippen LogP contribution in [-0.4, -0.2) is 33.9 Å². The van der Waals surface area contributed by atoms with Crippen LogP contribution in [0.2, 0.25) is 0 Å². The molecule has 0 aliphatic heterocycles. The van der Waals surface area contributed by atoms with E-state index in [0.717, 1.165) is 12.0 Å². The summed E-state index contributed by atoms with van der Waals surface area (Å²) in [6, 6.07) is 13.7. The fourth-order valence-corrected chi connectivity index (χ4v) is 4.76. The zero-order valence-electron chi connectivity index (χ0n) is 18.4. The summed E-state index contributed by atoms with van der Waals surface area (Å²) in [4.78, 5) is 15.5. The van der Waals surface area contributed by atoms with E-state index in [1.54, 1.807) is 12.1 Å². The standard InChI is InChI=1S/C25H24N4O4/c1-13(2)32-20-7-6-14(10-15(20)12-26)25-28-24(29-33-25)17-5-3-4-16-22(17)18-11-19(18)23(16)27-9-8-21(30)31/h3-7,10,13,18-19,23,27H,8-9,11H2,1-2H3,(H,30,31). The van der Waals surface area contributed by atoms with Gasteiger partial charge in [0.1, 0.15) is 11.8 Å². The number of aliphatic carboxylic acids is 1. The SMILES string of the molecule is CC(C)Oc1ccc(-c2nc(-c3cccc4c3C3CC3C4NCCC(=O)O)no2)cc1C#N. The highest BCUT2D eigenvalue weighted by atomic mass is 16.5. The number of hydrogen-bond acceptors (Lipinski definition) is 7. The smallest absolute Gasteiger partial charge is 0.304 e. The second kappa shape index (κ2) is 8.34. The van der Waals surface area contributed by atoms with Crippen LogP contribution in [0.1, 0.15) is 55.3 Å². The monoisotopic (exact) mass is 444 g/mol. The average Bonchev–Trinajstić information content (AvgIpc) is 3.29. The Morgan fingerprint density at radius 1 is 1.36 bits per heavy atom. The van der Waals surface area contributed by atoms with Gasteiger partial charge in [-0.3, -0.25) is 4.79 Å². The summed E-state index contributed by atoms with van der Waals surface area (Å²) in [5.41, 5.74) is 4.43. The van der Waals surface area contributed by atoms with Crippen molar-refractivity contribution >= 4 is 5.97 Å². The van der Waals surface area contributed by atoms with E-state index in [-0.39, 0.29) is 18.6 Å². The van der Waals surface area contributed by atoms with Gasteiger partial charge in [0.15, 0.2) is 0 Å². The molecule has 3 aromatic rings. The molecule has 1 aromatic heterocycles. The van der Waals surface area contributed by atoms with Crippen LogP contribution >= 0.6 is 0 Å². The number of benzene rings is 2. The van der Waals surface area contributed by atoms with E-state index in [4.69, 9.17) is 14.4 Å². The van der Waals surface area contributed by atoms with E-state index in [2.05, 4.69) is 27.6 Å². The molecule has 1 heterocycles. The molecule has 3 unspecified atom stereocenters. The molecule has 0 bridgehead atoms. The van der Waals surface area contributed by atoms with Gasteiger partial charge in [-0.1, -0.05) is 23.4 Å². The van der Waals surface area contributed by atoms with Crippen molar-refractivity contribution in [3.05, 3.63) is 53.1 Å². The zero-order valence-corrected chi connectivity index (χ0v) is 18.4. The lowest BCUT2D eigenvalue weighted by atomic mass is 9.97. The van der Waals surface area contributed by atoms with Crippen LogP contribution in [0.3, 0.4) is 0 Å². The van der Waals surface area contributed by atoms with E-state index in [0.29, 0.717) is 47.0 Å². The van der Waals surface area contributed by atoms with Gasteiger partial charge < -0.3 is 19.7 Å². The number of nitriles is 1. The summed E-state index contributed by atoms with van der Waals surface area (Å²) in [7, 11) is 0. The predicted octanol–water partition coefficient (Wildman–Crippen LogP) is 4.28. The summed E-state index contributed by atoms with van der Waals surface area (Å²) < 4.78 is 11.3. The Balaban J connectivity index is 1.43. The minimum Gasteiger partial charge on any atom is -0.490 e. The summed E-state index contributed by atoms with van der Waals surface area (Å²) in [6.07, 6.45) is 1.14. The second-order valence-electron chi connectivity index (χ2n) is 8.80. The fourth-order valence-electron chi connectivity index (χ4n) is 4.76. The Morgan fingerprint density at radius 3 is 2.97 bits per heavy atom. The number of ether oxygens (including phenoxy) is 1. The molecular weight excluding hydrogens is 420 g/mol. The molecule has 2 aromatic carbocycles. The van der Waals surface area contributed by atoms with Gasteiger partial charge in [-0.05, 0) is 61.4 Å². The number of fused-ring (bicyclic) bond motifs is 3. The van der Waals surface area contributed by atoms with Crippen molar-refractivity contribution in [3.8, 4) is 34.7 Å². The topological polar surface area (TPSA) is 121 Å². The molecule has 8 heteroatoms. The van der Waals surface area contributed by atoms with E-state index in [9.17, 15) is 10.1 Å². The number of nitrogens with one attached hydrogen (secondary N) is 1. The quantitative estimate of drug-likeness (QED) is 0.528. The average molecular weight is 444 g/mol. The Hall–Kier alpha value is -3.70. The highest BCUT2D eigenvalue weighted by Crippen LogP contribution is 2.63. The summed E-state index contributed by atoms with van der Waals surface area (Å²) in [5, 5.41) is 26.1. The largest absolute Gasteiger partial charge is 0.490 e. The third-order valence-electron chi connectivity index (χ3n) is 6.19. The molecule has 33 heavy (non-hydrogen) atoms. The molecule has 5 rings (SSSR count). The Bertz CT molecular complexity index is 1260. The summed E-state index contributed by atoms with van der Waals surface area (Å²) in [6.45, 7) is 4.26. The van der Waals surface area contributed by atoms with Crippen LogP contribution in [0.5, 0.6) is 5.75 Å². The molecule has 2 aliphatic carbocycles. The van der Waals surface area contributed by atoms with E-state index in [1.165, 1.54) is 11.1 Å². The molecule has 0 radical (unpaired) electrons. The predicted molar refractivity (Wildman–Crippen MR) is 119 cm³/mol. The lowest BCUT2D eigenvalue weighted by Gasteiger charge is -2.17. The first kappa shape index (κ1) is 21.2. The first-order chi connectivity index (χ1) is 16.0. The van der Waals surface area contributed by atoms with Crippen molar-refractivity contribution in [1.82, 2.24) is 15.5 Å². The van der Waals surface area contributed by atoms with Crippen LogP contribution in [0, 0.1) is 17.2 Å². The van der Waals surface area contributed by atoms with Gasteiger partial charge in [0.25, 0.3) is 5.89 Å². The van der Waals surface area contributed by atoms with Gasteiger partial charge in [0, 0.05) is 23.7 Å². The van der Waals surface area contributed by atoms with Crippen molar-refractivity contribution in [2.75, 3.05) is 6.54 Å². The third kappa shape index (κ3) is 3.96. The van der Waals surface area contributed by atoms with Gasteiger partial charge in [-0.2, -0.15) is 10.2 Å². The summed E-state index contributed by atoms with van der Waals surface area (Å²) >= 11 is 0. The normalized spacial score (nSPS) is 20.2. The molecule has 0 amide bonds. The zero-order chi connectivity index (χ0) is 23.1. The number of carbonyl (C=O) groups is 1. The number of hydrogen-bond donors (Lipinski definition) is 2. The number of aromatic nitrogens is 2. The Kier molecular flexibility index (Phi) is 5.35. The van der Waals surface area contributed by atoms with Gasteiger partial charge in [-0.15, -0.1) is 0 Å². The first-order valence-electron chi connectivity index (χ1n) is 11.1. The molecule has 3 atom stereocenters. The first-order valence-corrected chi connectivity index (χ1v) is 11.1. The molecule has 2 N–H and O–H groups in total. The van der Waals surface area contributed by atoms with Crippen molar-refractivity contribution in [2.24, 2.45) is 5.92 Å². The lowest BCUT2D eigenvalue weighted by molar-refractivity contribution is -0.136. The van der Waals surface area contributed by atoms with Gasteiger partial charge in [0.05, 0.1) is 18.1 Å². The van der Waals surface area contributed by atoms with Crippen LogP contribution < -0.4 is 10.1 Å². The highest BCUT2D eigenvalue weighted by Gasteiger charge is 2.52. The van der Waals surface area contributed by atoms with Crippen molar-refractivity contribution in [2.45, 2.75) is 44.8 Å². The highest BCUT2D eigenvalue weighted by molar-refractivity contribution is 5.70. The summed E-state index contributed by atoms with van der Waals surface area (Å²) in [5.74, 6) is 1.49. The van der Waals surface area contributed by atoms with Crippen molar-refractivity contribution in [3.63, 3.8) is 0 Å². The molecule has 2 aliphatic rings. The number of carboxylic acids is 1. The minimum atomic E-state index is -0.801. The second-order valence-corrected chi connectivity index (χ2v) is 8.80. The molecule has 1 saturated carbocycles. The van der Waals surface area contributed by atoms with Gasteiger partial charge in [-0.25, -0.2) is 0 Å². The van der Waals surface area contributed by atoms with Crippen LogP contribution in [0.25, 0.3) is 22.8 Å². The van der Waals surface area contributed by atoms with E-state index >= 15 is 0 Å². The van der Waals surface area contributed by atoms with Gasteiger partial charge in [0.2, 0.25) is 5.82 Å². The molecule has 168 valence electrons. The Labute approximate surface area is 191 Å². The number of rotatable bonds is 8. The molecule has 0 saturated heterocycles. The van der Waals surface area contributed by atoms with Crippen LogP contribution in [0.15, 0.2) is 40.9 Å². The fraction of sp³-hybridized carbons (Fsp3) is 0.360. The van der Waals surface area contributed by atoms with Gasteiger partial charge >= 0.3 is 5.97 Å². The molecular formula is C25H24N4O4. The maximum absolute atomic E-state index is 10.9. The van der Waals surface area contributed by atoms with Crippen molar-refractivity contribution < 1.29 is 19.2 Å². The number of carboxylic acid groups (broad SMARTS) is 1. The molecule has 1 fully saturated rings. The van der Waals surface area contributed by atoms with E-state index in [1.807, 2.05) is 32.0 Å². The Morgan fingerprint density at radius 2 is 2.21 bits per heavy atom. The third-order valence-corrected chi connectivity index (χ3v) is 6.19. The maximum atomic E-state index is 10.9. The maximum Gasteiger partial charge on any atom is 0.304 e. The van der Waals surface area contributed by atoms with Crippen LogP contribution in [0.4, 0.5) is 0 Å². The molecule has 8 nitrogen and oxygen atoms in total.